The third-order valence-corrected chi connectivity index (χ3v) is 8.99. The van der Waals surface area contributed by atoms with Crippen molar-refractivity contribution in [1.82, 2.24) is 14.8 Å². The number of anilines is 2. The molecule has 5 aromatic rings. The summed E-state index contributed by atoms with van der Waals surface area (Å²) in [5.74, 6) is 2.14. The minimum atomic E-state index is -0.558. The molecule has 1 atom stereocenters. The number of allylic oxidation sites excluding steroid dienone is 1. The highest BCUT2D eigenvalue weighted by Crippen LogP contribution is 2.38. The van der Waals surface area contributed by atoms with Crippen molar-refractivity contribution < 1.29 is 14.3 Å². The summed E-state index contributed by atoms with van der Waals surface area (Å²) < 4.78 is 14.3. The Balaban J connectivity index is 1.31. The van der Waals surface area contributed by atoms with Crippen LogP contribution in [0.1, 0.15) is 29.7 Å². The van der Waals surface area contributed by atoms with Crippen LogP contribution in [-0.4, -0.2) is 27.8 Å². The molecule has 228 valence electrons. The van der Waals surface area contributed by atoms with Crippen molar-refractivity contribution >= 4 is 56.8 Å². The number of fused-ring (bicyclic) bond motifs is 1. The number of carbonyl (C=O) groups is 1. The molecule has 0 saturated carbocycles. The molecule has 6 rings (SSSR count). The van der Waals surface area contributed by atoms with Gasteiger partial charge in [-0.1, -0.05) is 93.9 Å². The Morgan fingerprint density at radius 3 is 2.60 bits per heavy atom. The Labute approximate surface area is 278 Å². The fourth-order valence-corrected chi connectivity index (χ4v) is 6.59. The van der Waals surface area contributed by atoms with E-state index in [1.165, 1.54) is 11.8 Å². The third-order valence-electron chi connectivity index (χ3n) is 7.24. The number of hydrogen-bond donors (Lipinski definition) is 2. The molecule has 1 aliphatic rings. The molecule has 2 N–H and O–H groups in total. The molecular weight excluding hydrogens is 674 g/mol. The van der Waals surface area contributed by atoms with Gasteiger partial charge in [0.1, 0.15) is 24.1 Å². The van der Waals surface area contributed by atoms with Crippen LogP contribution in [-0.2, 0) is 17.2 Å². The van der Waals surface area contributed by atoms with Crippen molar-refractivity contribution in [2.45, 2.75) is 30.5 Å². The van der Waals surface area contributed by atoms with Gasteiger partial charge in [0, 0.05) is 20.9 Å². The third kappa shape index (κ3) is 7.03. The van der Waals surface area contributed by atoms with Crippen LogP contribution in [0.5, 0.6) is 11.5 Å². The zero-order valence-corrected chi connectivity index (χ0v) is 27.6. The number of ether oxygens (including phenoxy) is 2. The number of aromatic nitrogens is 3. The topological polar surface area (TPSA) is 90.3 Å². The van der Waals surface area contributed by atoms with E-state index < -0.39 is 6.04 Å². The van der Waals surface area contributed by atoms with Crippen molar-refractivity contribution in [3.63, 3.8) is 0 Å². The predicted octanol–water partition coefficient (Wildman–Crippen LogP) is 8.50. The maximum absolute atomic E-state index is 14.0. The summed E-state index contributed by atoms with van der Waals surface area (Å²) in [5, 5.41) is 12.4. The van der Waals surface area contributed by atoms with E-state index in [4.69, 9.17) is 31.2 Å². The molecule has 1 aromatic heterocycles. The lowest BCUT2D eigenvalue weighted by Crippen LogP contribution is -2.31. The van der Waals surface area contributed by atoms with Crippen LogP contribution < -0.4 is 20.1 Å². The quantitative estimate of drug-likeness (QED) is 0.141. The largest absolute Gasteiger partial charge is 0.495 e. The van der Waals surface area contributed by atoms with Gasteiger partial charge in [0.2, 0.25) is 11.1 Å². The van der Waals surface area contributed by atoms with Crippen molar-refractivity contribution in [3.05, 3.63) is 135 Å². The molecule has 0 saturated heterocycles. The lowest BCUT2D eigenvalue weighted by Gasteiger charge is -2.29. The van der Waals surface area contributed by atoms with Crippen LogP contribution in [0.3, 0.4) is 0 Å². The molecular formula is C34H29BrClN5O3S. The SMILES string of the molecule is COc1ccccc1NC(=O)C1=C(C)Nc2nc(SCc3ccccc3Cl)nn2C1c1ccc(OCc2cccc(Br)c2)cc1. The zero-order chi connectivity index (χ0) is 31.3. The fraction of sp³-hybridized carbons (Fsp3) is 0.147. The summed E-state index contributed by atoms with van der Waals surface area (Å²) in [5.41, 5.74) is 4.64. The minimum absolute atomic E-state index is 0.282. The lowest BCUT2D eigenvalue weighted by molar-refractivity contribution is -0.113. The lowest BCUT2D eigenvalue weighted by atomic mass is 9.95. The van der Waals surface area contributed by atoms with Crippen LogP contribution in [0.15, 0.2) is 118 Å². The average molecular weight is 703 g/mol. The highest BCUT2D eigenvalue weighted by Gasteiger charge is 2.34. The van der Waals surface area contributed by atoms with Crippen LogP contribution in [0.2, 0.25) is 5.02 Å². The summed E-state index contributed by atoms with van der Waals surface area (Å²) >= 11 is 11.4. The number of halogens is 2. The molecule has 1 unspecified atom stereocenters. The van der Waals surface area contributed by atoms with Gasteiger partial charge >= 0.3 is 0 Å². The van der Waals surface area contributed by atoms with Gasteiger partial charge in [0.15, 0.2) is 0 Å². The highest BCUT2D eigenvalue weighted by molar-refractivity contribution is 9.10. The van der Waals surface area contributed by atoms with Gasteiger partial charge in [0.25, 0.3) is 5.91 Å². The number of nitrogens with zero attached hydrogens (tertiary/aromatic N) is 3. The first kappa shape index (κ1) is 30.8. The van der Waals surface area contributed by atoms with Crippen LogP contribution in [0.4, 0.5) is 11.6 Å². The van der Waals surface area contributed by atoms with Crippen molar-refractivity contribution in [2.24, 2.45) is 0 Å². The van der Waals surface area contributed by atoms with Crippen molar-refractivity contribution in [2.75, 3.05) is 17.7 Å². The Kier molecular flexibility index (Phi) is 9.44. The molecule has 11 heteroatoms. The Hall–Kier alpha value is -4.25. The van der Waals surface area contributed by atoms with Gasteiger partial charge in [-0.15, -0.1) is 5.10 Å². The highest BCUT2D eigenvalue weighted by atomic mass is 79.9. The normalized spacial score (nSPS) is 14.0. The van der Waals surface area contributed by atoms with E-state index in [0.717, 1.165) is 21.2 Å². The molecule has 4 aromatic carbocycles. The number of thioether (sulfide) groups is 1. The number of nitrogens with one attached hydrogen (secondary N) is 2. The maximum Gasteiger partial charge on any atom is 0.255 e. The summed E-state index contributed by atoms with van der Waals surface area (Å²) in [6, 6.07) is 30.2. The molecule has 0 bridgehead atoms. The summed E-state index contributed by atoms with van der Waals surface area (Å²) in [6.45, 7) is 2.30. The van der Waals surface area contributed by atoms with E-state index in [1.54, 1.807) is 23.9 Å². The first-order chi connectivity index (χ1) is 21.9. The van der Waals surface area contributed by atoms with Gasteiger partial charge in [-0.25, -0.2) is 4.68 Å². The van der Waals surface area contributed by atoms with Crippen LogP contribution >= 0.6 is 39.3 Å². The zero-order valence-electron chi connectivity index (χ0n) is 24.5. The van der Waals surface area contributed by atoms with Gasteiger partial charge in [-0.3, -0.25) is 4.79 Å². The molecule has 0 spiro atoms. The van der Waals surface area contributed by atoms with Gasteiger partial charge < -0.3 is 20.1 Å². The number of hydrogen-bond acceptors (Lipinski definition) is 7. The predicted molar refractivity (Wildman–Crippen MR) is 182 cm³/mol. The van der Waals surface area contributed by atoms with Crippen molar-refractivity contribution in [3.8, 4) is 11.5 Å². The number of para-hydroxylation sites is 2. The number of amides is 1. The summed E-state index contributed by atoms with van der Waals surface area (Å²) in [7, 11) is 1.57. The molecule has 0 radical (unpaired) electrons. The van der Waals surface area contributed by atoms with Gasteiger partial charge in [0.05, 0.1) is 18.4 Å². The Bertz CT molecular complexity index is 1880. The average Bonchev–Trinajstić information content (AvgIpc) is 3.45. The molecule has 0 fully saturated rings. The minimum Gasteiger partial charge on any atom is -0.495 e. The first-order valence-electron chi connectivity index (χ1n) is 14.1. The summed E-state index contributed by atoms with van der Waals surface area (Å²) in [6.07, 6.45) is 0. The van der Waals surface area contributed by atoms with E-state index in [-0.39, 0.29) is 5.91 Å². The second-order valence-electron chi connectivity index (χ2n) is 10.3. The van der Waals surface area contributed by atoms with Crippen LogP contribution in [0.25, 0.3) is 0 Å². The second kappa shape index (κ2) is 13.8. The number of benzene rings is 4. The molecule has 8 nitrogen and oxygen atoms in total. The second-order valence-corrected chi connectivity index (χ2v) is 12.5. The van der Waals surface area contributed by atoms with Gasteiger partial charge in [-0.05, 0) is 66.1 Å². The summed E-state index contributed by atoms with van der Waals surface area (Å²) in [4.78, 5) is 18.7. The molecule has 45 heavy (non-hydrogen) atoms. The van der Waals surface area contributed by atoms with E-state index >= 15 is 0 Å². The molecule has 0 aliphatic carbocycles. The van der Waals surface area contributed by atoms with E-state index in [2.05, 4.69) is 26.6 Å². The Morgan fingerprint density at radius 1 is 1.04 bits per heavy atom. The monoisotopic (exact) mass is 701 g/mol. The molecule has 1 amide bonds. The van der Waals surface area contributed by atoms with E-state index in [1.807, 2.05) is 91.9 Å². The number of methoxy groups -OCH3 is 1. The van der Waals surface area contributed by atoms with E-state index in [0.29, 0.717) is 56.9 Å². The molecule has 2 heterocycles. The maximum atomic E-state index is 14.0. The Morgan fingerprint density at radius 2 is 1.82 bits per heavy atom. The van der Waals surface area contributed by atoms with E-state index in [9.17, 15) is 4.79 Å². The molecule has 1 aliphatic heterocycles. The van der Waals surface area contributed by atoms with Gasteiger partial charge in [-0.2, -0.15) is 4.98 Å². The van der Waals surface area contributed by atoms with Crippen molar-refractivity contribution in [1.29, 1.82) is 0 Å². The number of carbonyl (C=O) groups excluding carboxylic acids is 1. The fourth-order valence-electron chi connectivity index (χ4n) is 5.03. The smallest absolute Gasteiger partial charge is 0.255 e. The van der Waals surface area contributed by atoms with Crippen LogP contribution in [0, 0.1) is 0 Å². The first-order valence-corrected chi connectivity index (χ1v) is 16.3. The number of rotatable bonds is 10. The standard InChI is InChI=1S/C34H29BrClN5O3S/c1-21-30(32(42)38-28-12-5-6-13-29(28)43-2)31(23-14-16-26(17-15-23)44-19-22-8-7-10-25(35)18-22)41-33(37-21)39-34(40-41)45-20-24-9-3-4-11-27(24)36/h3-18,31H,19-20H2,1-2H3,(H,38,42)(H,37,39,40).